The Morgan fingerprint density at radius 3 is 2.58 bits per heavy atom. The minimum Gasteiger partial charge on any atom is -0.379 e. The molecule has 0 radical (unpaired) electrons. The van der Waals surface area contributed by atoms with Gasteiger partial charge in [0.05, 0.1) is 18.4 Å². The molecule has 1 N–H and O–H groups in total. The van der Waals surface area contributed by atoms with Crippen molar-refractivity contribution in [2.45, 2.75) is 6.54 Å². The maximum Gasteiger partial charge on any atom is 0.204 e. The number of hydrogen-bond acceptors (Lipinski definition) is 3. The van der Waals surface area contributed by atoms with Crippen LogP contribution in [-0.4, -0.2) is 23.6 Å². The summed E-state index contributed by atoms with van der Waals surface area (Å²) >= 11 is 0. The van der Waals surface area contributed by atoms with Gasteiger partial charge in [0.1, 0.15) is 0 Å². The Bertz CT molecular complexity index is 578. The second kappa shape index (κ2) is 5.26. The number of imidazole rings is 1. The van der Waals surface area contributed by atoms with Crippen LogP contribution < -0.4 is 10.2 Å². The standard InChI is InChI=1S/C13H16F2N4/c1-18(2)13-17-8-10(19(13)3)7-16-9-4-5-11(14)12(15)6-9/h4-6,8,16H,7H2,1-3H3. The van der Waals surface area contributed by atoms with Gasteiger partial charge in [0.2, 0.25) is 5.95 Å². The number of rotatable bonds is 4. The lowest BCUT2D eigenvalue weighted by molar-refractivity contribution is 0.509. The monoisotopic (exact) mass is 266 g/mol. The van der Waals surface area contributed by atoms with Crippen LogP contribution in [0, 0.1) is 11.6 Å². The maximum atomic E-state index is 13.1. The first kappa shape index (κ1) is 13.3. The van der Waals surface area contributed by atoms with Gasteiger partial charge in [0, 0.05) is 32.9 Å². The number of nitrogens with one attached hydrogen (secondary N) is 1. The summed E-state index contributed by atoms with van der Waals surface area (Å²) in [5.74, 6) is -0.868. The van der Waals surface area contributed by atoms with E-state index in [2.05, 4.69) is 10.3 Å². The molecule has 0 saturated carbocycles. The van der Waals surface area contributed by atoms with Crippen LogP contribution >= 0.6 is 0 Å². The second-order valence-corrected chi connectivity index (χ2v) is 4.49. The molecule has 0 amide bonds. The van der Waals surface area contributed by atoms with Crippen molar-refractivity contribution in [3.05, 3.63) is 41.7 Å². The quantitative estimate of drug-likeness (QED) is 0.922. The van der Waals surface area contributed by atoms with Crippen LogP contribution in [0.4, 0.5) is 20.4 Å². The van der Waals surface area contributed by atoms with Crippen LogP contribution in [0.2, 0.25) is 0 Å². The minimum absolute atomic E-state index is 0.489. The molecule has 102 valence electrons. The van der Waals surface area contributed by atoms with Crippen LogP contribution in [0.25, 0.3) is 0 Å². The van der Waals surface area contributed by atoms with E-state index in [1.807, 2.05) is 30.6 Å². The fraction of sp³-hybridized carbons (Fsp3) is 0.308. The molecule has 0 fully saturated rings. The van der Waals surface area contributed by atoms with E-state index in [4.69, 9.17) is 0 Å². The first-order valence-corrected chi connectivity index (χ1v) is 5.86. The summed E-state index contributed by atoms with van der Waals surface area (Å²) in [6.45, 7) is 0.489. The third-order valence-electron chi connectivity index (χ3n) is 2.85. The van der Waals surface area contributed by atoms with Crippen molar-refractivity contribution in [1.29, 1.82) is 0 Å². The van der Waals surface area contributed by atoms with Crippen LogP contribution in [0.1, 0.15) is 5.69 Å². The molecule has 0 unspecified atom stereocenters. The molecule has 1 aromatic carbocycles. The average molecular weight is 266 g/mol. The predicted molar refractivity (Wildman–Crippen MR) is 71.2 cm³/mol. The Kier molecular flexibility index (Phi) is 3.69. The summed E-state index contributed by atoms with van der Waals surface area (Å²) < 4.78 is 27.8. The van der Waals surface area contributed by atoms with Gasteiger partial charge in [-0.25, -0.2) is 13.8 Å². The highest BCUT2D eigenvalue weighted by atomic mass is 19.2. The molecule has 0 saturated heterocycles. The lowest BCUT2D eigenvalue weighted by Crippen LogP contribution is -2.15. The molecule has 6 heteroatoms. The Balaban J connectivity index is 2.08. The van der Waals surface area contributed by atoms with E-state index in [9.17, 15) is 8.78 Å². The molecule has 0 aliphatic heterocycles. The lowest BCUT2D eigenvalue weighted by atomic mass is 10.3. The van der Waals surface area contributed by atoms with Crippen LogP contribution in [0.3, 0.4) is 0 Å². The van der Waals surface area contributed by atoms with Crippen molar-refractivity contribution >= 4 is 11.6 Å². The Labute approximate surface area is 110 Å². The molecule has 0 aliphatic rings. The molecule has 19 heavy (non-hydrogen) atoms. The third-order valence-corrected chi connectivity index (χ3v) is 2.85. The molecule has 0 aliphatic carbocycles. The average Bonchev–Trinajstić information content (AvgIpc) is 2.72. The van der Waals surface area contributed by atoms with Crippen molar-refractivity contribution in [2.24, 2.45) is 7.05 Å². The summed E-state index contributed by atoms with van der Waals surface area (Å²) in [4.78, 5) is 6.18. The number of halogens is 2. The fourth-order valence-electron chi connectivity index (χ4n) is 1.81. The van der Waals surface area contributed by atoms with E-state index in [-0.39, 0.29) is 0 Å². The van der Waals surface area contributed by atoms with Crippen LogP contribution in [0.15, 0.2) is 24.4 Å². The van der Waals surface area contributed by atoms with E-state index >= 15 is 0 Å². The molecule has 4 nitrogen and oxygen atoms in total. The van der Waals surface area contributed by atoms with Crippen LogP contribution in [0.5, 0.6) is 0 Å². The summed E-state index contributed by atoms with van der Waals surface area (Å²) in [7, 11) is 5.73. The normalized spacial score (nSPS) is 10.6. The topological polar surface area (TPSA) is 33.1 Å². The van der Waals surface area contributed by atoms with Crippen LogP contribution in [-0.2, 0) is 13.6 Å². The molecule has 1 aromatic heterocycles. The predicted octanol–water partition coefficient (Wildman–Crippen LogP) is 2.38. The summed E-state index contributed by atoms with van der Waals surface area (Å²) in [5, 5.41) is 3.04. The lowest BCUT2D eigenvalue weighted by Gasteiger charge is -2.13. The first-order valence-electron chi connectivity index (χ1n) is 5.86. The van der Waals surface area contributed by atoms with Crippen molar-refractivity contribution in [2.75, 3.05) is 24.3 Å². The van der Waals surface area contributed by atoms with Gasteiger partial charge in [0.15, 0.2) is 11.6 Å². The van der Waals surface area contributed by atoms with E-state index in [0.29, 0.717) is 12.2 Å². The highest BCUT2D eigenvalue weighted by Gasteiger charge is 2.08. The maximum absolute atomic E-state index is 13.1. The Morgan fingerprint density at radius 1 is 1.26 bits per heavy atom. The first-order chi connectivity index (χ1) is 8.99. The molecule has 2 aromatic rings. The van der Waals surface area contributed by atoms with Gasteiger partial charge in [-0.05, 0) is 12.1 Å². The molecular formula is C13H16F2N4. The second-order valence-electron chi connectivity index (χ2n) is 4.49. The highest BCUT2D eigenvalue weighted by Crippen LogP contribution is 2.16. The molecule has 0 atom stereocenters. The van der Waals surface area contributed by atoms with Gasteiger partial charge in [-0.2, -0.15) is 0 Å². The van der Waals surface area contributed by atoms with Gasteiger partial charge < -0.3 is 14.8 Å². The van der Waals surface area contributed by atoms with E-state index in [0.717, 1.165) is 23.8 Å². The largest absolute Gasteiger partial charge is 0.379 e. The zero-order chi connectivity index (χ0) is 14.0. The molecule has 0 spiro atoms. The summed E-state index contributed by atoms with van der Waals surface area (Å²) in [6, 6.07) is 3.74. The van der Waals surface area contributed by atoms with Crippen molar-refractivity contribution in [3.63, 3.8) is 0 Å². The molecule has 2 rings (SSSR count). The Morgan fingerprint density at radius 2 is 2.00 bits per heavy atom. The number of anilines is 2. The molecule has 0 bridgehead atoms. The number of hydrogen-bond donors (Lipinski definition) is 1. The van der Waals surface area contributed by atoms with Gasteiger partial charge in [-0.15, -0.1) is 0 Å². The third kappa shape index (κ3) is 2.83. The SMILES string of the molecule is CN(C)c1ncc(CNc2ccc(F)c(F)c2)n1C. The van der Waals surface area contributed by atoms with Crippen molar-refractivity contribution < 1.29 is 8.78 Å². The van der Waals surface area contributed by atoms with Gasteiger partial charge >= 0.3 is 0 Å². The van der Waals surface area contributed by atoms with E-state index in [1.165, 1.54) is 6.07 Å². The zero-order valence-electron chi connectivity index (χ0n) is 11.1. The van der Waals surface area contributed by atoms with Crippen molar-refractivity contribution in [3.8, 4) is 0 Å². The highest BCUT2D eigenvalue weighted by molar-refractivity contribution is 5.44. The van der Waals surface area contributed by atoms with E-state index in [1.54, 1.807) is 6.20 Å². The van der Waals surface area contributed by atoms with E-state index < -0.39 is 11.6 Å². The van der Waals surface area contributed by atoms with Gasteiger partial charge in [0.25, 0.3) is 0 Å². The molecular weight excluding hydrogens is 250 g/mol. The fourth-order valence-corrected chi connectivity index (χ4v) is 1.81. The van der Waals surface area contributed by atoms with Crippen molar-refractivity contribution in [1.82, 2.24) is 9.55 Å². The number of benzene rings is 1. The number of nitrogens with zero attached hydrogens (tertiary/aromatic N) is 3. The minimum atomic E-state index is -0.857. The number of aromatic nitrogens is 2. The smallest absolute Gasteiger partial charge is 0.204 e. The zero-order valence-corrected chi connectivity index (χ0v) is 11.1. The summed E-state index contributed by atoms with van der Waals surface area (Å²) in [6.07, 6.45) is 1.75. The van der Waals surface area contributed by atoms with Gasteiger partial charge in [-0.3, -0.25) is 0 Å². The molecule has 1 heterocycles. The summed E-state index contributed by atoms with van der Waals surface area (Å²) in [5.41, 5.74) is 1.49. The van der Waals surface area contributed by atoms with Gasteiger partial charge in [-0.1, -0.05) is 0 Å². The Hall–Kier alpha value is -2.11.